The molecular weight excluding hydrogens is 721 g/mol. The van der Waals surface area contributed by atoms with Gasteiger partial charge in [0.15, 0.2) is 0 Å². The van der Waals surface area contributed by atoms with Crippen LogP contribution in [-0.2, 0) is 9.59 Å². The summed E-state index contributed by atoms with van der Waals surface area (Å²) in [6.07, 6.45) is 13.2. The number of hydrogen-bond acceptors (Lipinski definition) is 8. The summed E-state index contributed by atoms with van der Waals surface area (Å²) in [6.45, 7) is 3.87. The molecule has 0 radical (unpaired) electrons. The zero-order valence-electron chi connectivity index (χ0n) is 31.4. The van der Waals surface area contributed by atoms with E-state index in [1.54, 1.807) is 22.9 Å². The van der Waals surface area contributed by atoms with Crippen molar-refractivity contribution in [3.8, 4) is 5.75 Å². The second-order valence-corrected chi connectivity index (χ2v) is 16.3. The largest absolute Gasteiger partial charge is 0.490 e. The highest BCUT2D eigenvalue weighted by atomic mass is 19.1. The molecule has 294 valence electrons. The summed E-state index contributed by atoms with van der Waals surface area (Å²) < 4.78 is 40.2. The number of piperidine rings is 1. The summed E-state index contributed by atoms with van der Waals surface area (Å²) in [7, 11) is 0. The lowest BCUT2D eigenvalue weighted by Gasteiger charge is -2.37. The third-order valence-electron chi connectivity index (χ3n) is 12.3. The van der Waals surface area contributed by atoms with Crippen molar-refractivity contribution in [3.05, 3.63) is 81.9 Å². The molecule has 2 aromatic heterocycles. The van der Waals surface area contributed by atoms with E-state index in [2.05, 4.69) is 20.2 Å². The van der Waals surface area contributed by atoms with E-state index in [9.17, 15) is 19.2 Å². The van der Waals surface area contributed by atoms with Crippen LogP contribution in [0, 0.1) is 17.6 Å². The van der Waals surface area contributed by atoms with Crippen LogP contribution in [-0.4, -0.2) is 75.8 Å². The van der Waals surface area contributed by atoms with E-state index < -0.39 is 29.4 Å². The van der Waals surface area contributed by atoms with Crippen molar-refractivity contribution in [3.63, 3.8) is 0 Å². The Morgan fingerprint density at radius 2 is 1.62 bits per heavy atom. The van der Waals surface area contributed by atoms with Gasteiger partial charge in [0.1, 0.15) is 23.1 Å². The van der Waals surface area contributed by atoms with Crippen LogP contribution in [0.3, 0.4) is 0 Å². The Morgan fingerprint density at radius 3 is 2.32 bits per heavy atom. The molecule has 5 aliphatic rings. The molecule has 14 heteroatoms. The van der Waals surface area contributed by atoms with E-state index >= 15 is 8.78 Å². The number of nitrogens with one attached hydrogen (secondary N) is 2. The monoisotopic (exact) mass is 767 g/mol. The van der Waals surface area contributed by atoms with Crippen LogP contribution in [0.2, 0.25) is 0 Å². The van der Waals surface area contributed by atoms with Crippen LogP contribution in [0.15, 0.2) is 53.6 Å². The number of anilines is 2. The summed E-state index contributed by atoms with van der Waals surface area (Å²) in [4.78, 5) is 54.8. The molecule has 2 aromatic carbocycles. The van der Waals surface area contributed by atoms with Gasteiger partial charge < -0.3 is 19.5 Å². The number of pyridine rings is 1. The van der Waals surface area contributed by atoms with Crippen LogP contribution in [0.25, 0.3) is 10.9 Å². The van der Waals surface area contributed by atoms with Gasteiger partial charge in [-0.05, 0) is 107 Å². The number of aromatic nitrogens is 3. The highest BCUT2D eigenvalue weighted by Gasteiger charge is 2.34. The van der Waals surface area contributed by atoms with Gasteiger partial charge in [-0.3, -0.25) is 34.1 Å². The third-order valence-corrected chi connectivity index (χ3v) is 12.3. The number of hydrogen-bond donors (Lipinski definition) is 2. The van der Waals surface area contributed by atoms with E-state index in [0.717, 1.165) is 88.3 Å². The number of rotatable bonds is 11. The number of benzene rings is 2. The highest BCUT2D eigenvalue weighted by molar-refractivity contribution is 6.08. The molecule has 0 bridgehead atoms. The summed E-state index contributed by atoms with van der Waals surface area (Å²) in [6, 6.07) is 10.2. The second-order valence-electron chi connectivity index (χ2n) is 16.3. The van der Waals surface area contributed by atoms with Gasteiger partial charge in [-0.25, -0.2) is 8.78 Å². The van der Waals surface area contributed by atoms with E-state index in [1.165, 1.54) is 12.1 Å². The topological polar surface area (TPSA) is 131 Å². The van der Waals surface area contributed by atoms with Gasteiger partial charge in [-0.2, -0.15) is 5.10 Å². The first-order valence-electron chi connectivity index (χ1n) is 20.2. The lowest BCUT2D eigenvalue weighted by Crippen LogP contribution is -2.47. The van der Waals surface area contributed by atoms with E-state index in [0.29, 0.717) is 36.0 Å². The molecule has 4 heterocycles. The Bertz CT molecular complexity index is 2210. The van der Waals surface area contributed by atoms with E-state index in [-0.39, 0.29) is 53.7 Å². The molecule has 0 spiro atoms. The van der Waals surface area contributed by atoms with Gasteiger partial charge in [-0.1, -0.05) is 0 Å². The molecule has 3 saturated carbocycles. The van der Waals surface area contributed by atoms with Gasteiger partial charge in [0.05, 0.1) is 29.1 Å². The average molecular weight is 768 g/mol. The van der Waals surface area contributed by atoms with E-state index in [1.807, 2.05) is 23.2 Å². The Balaban J connectivity index is 0.781. The number of nitrogens with zero attached hydrogens (tertiary/aromatic N) is 5. The molecule has 5 fully saturated rings. The van der Waals surface area contributed by atoms with Gasteiger partial charge in [-0.15, -0.1) is 0 Å². The Labute approximate surface area is 323 Å². The quantitative estimate of drug-likeness (QED) is 0.176. The molecule has 2 N–H and O–H groups in total. The van der Waals surface area contributed by atoms with Crippen LogP contribution in [0.5, 0.6) is 5.75 Å². The number of ether oxygens (including phenoxy) is 1. The number of fused-ring (bicyclic) bond motifs is 1. The van der Waals surface area contributed by atoms with Gasteiger partial charge in [0.2, 0.25) is 11.8 Å². The predicted octanol–water partition coefficient (Wildman–Crippen LogP) is 6.07. The Hall–Kier alpha value is -5.11. The maximum Gasteiger partial charge on any atom is 0.274 e. The predicted molar refractivity (Wildman–Crippen MR) is 206 cm³/mol. The zero-order chi connectivity index (χ0) is 38.5. The molecular formula is C42H47F2N7O5. The molecule has 1 unspecified atom stereocenters. The minimum absolute atomic E-state index is 0.0611. The molecule has 3 amide bonds. The van der Waals surface area contributed by atoms with Crippen molar-refractivity contribution in [2.75, 3.05) is 42.9 Å². The fourth-order valence-corrected chi connectivity index (χ4v) is 8.68. The fraction of sp³-hybridized carbons (Fsp3) is 0.500. The number of halogens is 2. The van der Waals surface area contributed by atoms with Crippen molar-refractivity contribution < 1.29 is 27.9 Å². The number of amides is 3. The maximum atomic E-state index is 15.2. The van der Waals surface area contributed by atoms with Crippen molar-refractivity contribution in [1.82, 2.24) is 24.6 Å². The first-order valence-corrected chi connectivity index (χ1v) is 20.2. The minimum atomic E-state index is -1.00. The van der Waals surface area contributed by atoms with Crippen molar-refractivity contribution >= 4 is 40.0 Å². The van der Waals surface area contributed by atoms with Crippen LogP contribution in [0.1, 0.15) is 105 Å². The first-order chi connectivity index (χ1) is 27.2. The van der Waals surface area contributed by atoms with E-state index in [4.69, 9.17) is 9.84 Å². The molecule has 2 aliphatic heterocycles. The molecule has 2 saturated heterocycles. The smallest absolute Gasteiger partial charge is 0.274 e. The molecule has 3 aliphatic carbocycles. The van der Waals surface area contributed by atoms with Crippen LogP contribution < -0.4 is 25.8 Å². The molecule has 4 aromatic rings. The van der Waals surface area contributed by atoms with Gasteiger partial charge in [0, 0.05) is 73.7 Å². The SMILES string of the molecule is O=C1CCC(c2c(F)cc(N3CCN(CCC4CCC(n5cc6cc(C(=O)Nc7cccn(C8CC8)c7=O)c(OC7CC7)cc6n5)CC4)CC3)cc2F)C(=O)N1. The maximum absolute atomic E-state index is 15.2. The van der Waals surface area contributed by atoms with Crippen molar-refractivity contribution in [2.24, 2.45) is 5.92 Å². The third kappa shape index (κ3) is 7.67. The first kappa shape index (κ1) is 36.5. The van der Waals surface area contributed by atoms with Gasteiger partial charge in [0.25, 0.3) is 11.5 Å². The number of carbonyl (C=O) groups is 3. The number of carbonyl (C=O) groups excluding carboxylic acids is 3. The molecule has 1 atom stereocenters. The minimum Gasteiger partial charge on any atom is -0.490 e. The van der Waals surface area contributed by atoms with Crippen molar-refractivity contribution in [1.29, 1.82) is 0 Å². The number of imide groups is 1. The molecule has 9 rings (SSSR count). The fourth-order valence-electron chi connectivity index (χ4n) is 8.68. The summed E-state index contributed by atoms with van der Waals surface area (Å²) in [5.41, 5.74) is 1.46. The van der Waals surface area contributed by atoms with Crippen molar-refractivity contribution in [2.45, 2.75) is 94.7 Å². The highest BCUT2D eigenvalue weighted by Crippen LogP contribution is 2.38. The lowest BCUT2D eigenvalue weighted by molar-refractivity contribution is -0.134. The zero-order valence-corrected chi connectivity index (χ0v) is 31.4. The summed E-state index contributed by atoms with van der Waals surface area (Å²) in [5.74, 6) is -2.85. The Kier molecular flexibility index (Phi) is 9.84. The summed E-state index contributed by atoms with van der Waals surface area (Å²) in [5, 5.41) is 10.8. The van der Waals surface area contributed by atoms with Crippen LogP contribution in [0.4, 0.5) is 20.2 Å². The normalized spacial score (nSPS) is 23.3. The lowest BCUT2D eigenvalue weighted by atomic mass is 9.84. The van der Waals surface area contributed by atoms with Crippen LogP contribution >= 0.6 is 0 Å². The Morgan fingerprint density at radius 1 is 0.893 bits per heavy atom. The number of piperazine rings is 1. The standard InChI is InChI=1S/C42H47F2N7O5/c43-33-21-29(22-34(44)39(33)31-11-12-38(52)46-40(31)53)49-18-16-48(17-19-49)15-13-25-3-5-28(6-4-25)51-24-26-20-32(37(23-36(26)47-51)56-30-9-10-30)41(54)45-35-2-1-14-50(42(35)55)27-7-8-27/h1-2,14,20-25,27-28,30-31H,3-13,15-19H2,(H,45,54)(H,46,52,53). The second kappa shape index (κ2) is 15.1. The molecule has 56 heavy (non-hydrogen) atoms. The average Bonchev–Trinajstić information content (AvgIpc) is 4.14. The summed E-state index contributed by atoms with van der Waals surface area (Å²) >= 11 is 0. The van der Waals surface area contributed by atoms with Gasteiger partial charge >= 0.3 is 0 Å². The molecule has 12 nitrogen and oxygen atoms in total.